The average molecular weight is 84.1 g/mol. The Hall–Kier alpha value is -0.720. The first kappa shape index (κ1) is 5.28. The van der Waals surface area contributed by atoms with Crippen molar-refractivity contribution in [3.63, 3.8) is 0 Å². The van der Waals surface area contributed by atoms with E-state index in [1.54, 1.807) is 13.0 Å². The zero-order valence-corrected chi connectivity index (χ0v) is 3.81. The number of aliphatic hydroxyl groups is 1. The fraction of sp³-hybridized carbons (Fsp3) is 0.200. The third kappa shape index (κ3) is 1.58. The first-order valence-corrected chi connectivity index (χ1v) is 1.74. The van der Waals surface area contributed by atoms with Crippen LogP contribution in [0.5, 0.6) is 0 Å². The second kappa shape index (κ2) is 2.51. The van der Waals surface area contributed by atoms with Crippen LogP contribution in [0.1, 0.15) is 6.92 Å². The van der Waals surface area contributed by atoms with Gasteiger partial charge in [-0.3, -0.25) is 0 Å². The van der Waals surface area contributed by atoms with Gasteiger partial charge < -0.3 is 5.11 Å². The summed E-state index contributed by atoms with van der Waals surface area (Å²) in [6.45, 7) is 5.17. The Morgan fingerprint density at radius 2 is 2.33 bits per heavy atom. The predicted molar refractivity (Wildman–Crippen MR) is 26.6 cm³/mol. The molecule has 0 bridgehead atoms. The van der Waals surface area contributed by atoms with Gasteiger partial charge in [0, 0.05) is 0 Å². The lowest BCUT2D eigenvalue weighted by Crippen LogP contribution is -1.60. The van der Waals surface area contributed by atoms with Crippen LogP contribution in [0.15, 0.2) is 24.5 Å². The van der Waals surface area contributed by atoms with E-state index in [-0.39, 0.29) is 0 Å². The number of rotatable bonds is 1. The van der Waals surface area contributed by atoms with E-state index < -0.39 is 0 Å². The molecule has 6 heavy (non-hydrogen) atoms. The molecule has 1 N–H and O–H groups in total. The third-order valence-corrected chi connectivity index (χ3v) is 0.526. The second-order valence-electron chi connectivity index (χ2n) is 1.08. The highest BCUT2D eigenvalue weighted by Crippen LogP contribution is 1.86. The van der Waals surface area contributed by atoms with Crippen LogP contribution in [-0.4, -0.2) is 5.11 Å². The van der Waals surface area contributed by atoms with Gasteiger partial charge >= 0.3 is 0 Å². The van der Waals surface area contributed by atoms with Gasteiger partial charge in [0.1, 0.15) is 0 Å². The molecular formula is C5H8O. The Kier molecular flexibility index (Phi) is 2.21. The van der Waals surface area contributed by atoms with Crippen molar-refractivity contribution in [1.82, 2.24) is 0 Å². The van der Waals surface area contributed by atoms with Gasteiger partial charge in [0.2, 0.25) is 0 Å². The maximum atomic E-state index is 8.10. The molecule has 0 fully saturated rings. The first-order valence-electron chi connectivity index (χ1n) is 1.74. The predicted octanol–water partition coefficient (Wildman–Crippen LogP) is 1.63. The lowest BCUT2D eigenvalue weighted by molar-refractivity contribution is 0.469. The molecule has 0 aromatic carbocycles. The second-order valence-corrected chi connectivity index (χ2v) is 1.08. The minimum atomic E-state index is 0.787. The Balaban J connectivity index is 3.50. The molecule has 0 aromatic rings. The third-order valence-electron chi connectivity index (χ3n) is 0.526. The van der Waals surface area contributed by atoms with Crippen molar-refractivity contribution in [2.45, 2.75) is 6.92 Å². The monoisotopic (exact) mass is 84.1 g/mol. The van der Waals surface area contributed by atoms with Crippen LogP contribution in [0, 0.1) is 0 Å². The molecule has 0 amide bonds. The fourth-order valence-corrected chi connectivity index (χ4v) is 0.0527. The molecule has 0 spiro atoms. The van der Waals surface area contributed by atoms with Crippen molar-refractivity contribution in [2.75, 3.05) is 0 Å². The van der Waals surface area contributed by atoms with Crippen molar-refractivity contribution in [2.24, 2.45) is 0 Å². The minimum Gasteiger partial charge on any atom is -0.515 e. The van der Waals surface area contributed by atoms with Crippen molar-refractivity contribution in [3.8, 4) is 0 Å². The number of aliphatic hydroxyl groups excluding tert-OH is 1. The summed E-state index contributed by atoms with van der Waals surface area (Å²) in [5.41, 5.74) is 0.787. The van der Waals surface area contributed by atoms with Crippen LogP contribution in [0.25, 0.3) is 0 Å². The smallest absolute Gasteiger partial charge is 0.0820 e. The molecule has 1 nitrogen and oxygen atoms in total. The van der Waals surface area contributed by atoms with Crippen LogP contribution < -0.4 is 0 Å². The summed E-state index contributed by atoms with van der Waals surface area (Å²) in [5, 5.41) is 8.10. The van der Waals surface area contributed by atoms with E-state index in [0.29, 0.717) is 0 Å². The molecule has 0 aliphatic carbocycles. The van der Waals surface area contributed by atoms with Gasteiger partial charge in [-0.05, 0) is 12.5 Å². The van der Waals surface area contributed by atoms with Crippen LogP contribution in [0.4, 0.5) is 0 Å². The Morgan fingerprint density at radius 1 is 1.83 bits per heavy atom. The van der Waals surface area contributed by atoms with Crippen LogP contribution in [-0.2, 0) is 0 Å². The quantitative estimate of drug-likeness (QED) is 0.378. The lowest BCUT2D eigenvalue weighted by Gasteiger charge is -1.77. The Labute approximate surface area is 37.6 Å². The lowest BCUT2D eigenvalue weighted by atomic mass is 10.3. The molecule has 0 aliphatic rings. The molecule has 0 aliphatic heterocycles. The number of hydrogen-bond donors (Lipinski definition) is 1. The highest BCUT2D eigenvalue weighted by molar-refractivity contribution is 5.08. The van der Waals surface area contributed by atoms with E-state index in [2.05, 4.69) is 6.58 Å². The molecule has 0 saturated carbocycles. The molecule has 0 radical (unpaired) electrons. The van der Waals surface area contributed by atoms with Gasteiger partial charge in [-0.1, -0.05) is 12.7 Å². The summed E-state index contributed by atoms with van der Waals surface area (Å²) in [7, 11) is 0. The van der Waals surface area contributed by atoms with Gasteiger partial charge in [-0.15, -0.1) is 0 Å². The summed E-state index contributed by atoms with van der Waals surface area (Å²) < 4.78 is 0. The largest absolute Gasteiger partial charge is 0.515 e. The summed E-state index contributed by atoms with van der Waals surface area (Å²) >= 11 is 0. The topological polar surface area (TPSA) is 20.2 Å². The fourth-order valence-electron chi connectivity index (χ4n) is 0.0527. The van der Waals surface area contributed by atoms with Crippen molar-refractivity contribution in [1.29, 1.82) is 0 Å². The zero-order chi connectivity index (χ0) is 4.99. The molecule has 0 heterocycles. The van der Waals surface area contributed by atoms with Crippen LogP contribution >= 0.6 is 0 Å². The van der Waals surface area contributed by atoms with Crippen LogP contribution in [0.2, 0.25) is 0 Å². The van der Waals surface area contributed by atoms with E-state index in [9.17, 15) is 0 Å². The van der Waals surface area contributed by atoms with E-state index >= 15 is 0 Å². The van der Waals surface area contributed by atoms with Gasteiger partial charge in [-0.25, -0.2) is 0 Å². The van der Waals surface area contributed by atoms with Crippen molar-refractivity contribution >= 4 is 0 Å². The molecule has 0 rings (SSSR count). The molecular weight excluding hydrogens is 76.1 g/mol. The highest BCUT2D eigenvalue weighted by Gasteiger charge is 1.68. The molecule has 0 unspecified atom stereocenters. The highest BCUT2D eigenvalue weighted by atomic mass is 16.2. The Bertz CT molecular complexity index is 72.0. The van der Waals surface area contributed by atoms with Gasteiger partial charge in [0.25, 0.3) is 0 Å². The van der Waals surface area contributed by atoms with Gasteiger partial charge in [-0.2, -0.15) is 0 Å². The summed E-state index contributed by atoms with van der Waals surface area (Å²) in [5.74, 6) is 0. The molecule has 34 valence electrons. The zero-order valence-electron chi connectivity index (χ0n) is 3.81. The normalized spacial score (nSPS) is 11.2. The van der Waals surface area contributed by atoms with Crippen LogP contribution in [0.3, 0.4) is 0 Å². The van der Waals surface area contributed by atoms with Gasteiger partial charge in [0.15, 0.2) is 0 Å². The van der Waals surface area contributed by atoms with E-state index in [1.807, 2.05) is 0 Å². The molecule has 0 saturated heterocycles. The van der Waals surface area contributed by atoms with E-state index in [4.69, 9.17) is 5.11 Å². The van der Waals surface area contributed by atoms with Gasteiger partial charge in [0.05, 0.1) is 6.26 Å². The van der Waals surface area contributed by atoms with E-state index in [1.165, 1.54) is 0 Å². The summed E-state index contributed by atoms with van der Waals surface area (Å²) in [4.78, 5) is 0. The van der Waals surface area contributed by atoms with E-state index in [0.717, 1.165) is 11.8 Å². The summed E-state index contributed by atoms with van der Waals surface area (Å²) in [6, 6.07) is 0. The first-order chi connectivity index (χ1) is 2.81. The Morgan fingerprint density at radius 3 is 2.33 bits per heavy atom. The van der Waals surface area contributed by atoms with Crippen molar-refractivity contribution in [3.05, 3.63) is 24.5 Å². The summed E-state index contributed by atoms with van der Waals surface area (Å²) in [6.07, 6.45) is 2.60. The maximum Gasteiger partial charge on any atom is 0.0820 e. The average Bonchev–Trinajstić information content (AvgIpc) is 1.65. The molecule has 1 heteroatoms. The SMILES string of the molecule is C=CC(C)=CO. The number of hydrogen-bond acceptors (Lipinski definition) is 1. The standard InChI is InChI=1S/C5H8O/c1-3-5(2)4-6/h3-4,6H,1H2,2H3. The number of allylic oxidation sites excluding steroid dienone is 2. The maximum absolute atomic E-state index is 8.10. The molecule has 0 aromatic heterocycles. The van der Waals surface area contributed by atoms with Crippen molar-refractivity contribution < 1.29 is 5.11 Å². The molecule has 0 atom stereocenters. The minimum absolute atomic E-state index is 0.787.